The molecule has 0 unspecified atom stereocenters. The van der Waals surface area contributed by atoms with Crippen molar-refractivity contribution in [1.82, 2.24) is 4.90 Å². The standard InChI is InChI=1S/C22H27NO2/c1-18(17-23-15-9-4-10-16-23)21(19-11-5-2-6-12-19)25-22(24)20-13-7-3-8-14-20/h2-3,5-8,11-14,18,21H,4,9-10,15-17H2,1H3/t18-,21+/m1/s1. The van der Waals surface area contributed by atoms with Crippen molar-refractivity contribution in [1.29, 1.82) is 0 Å². The van der Waals surface area contributed by atoms with Crippen LogP contribution in [0, 0.1) is 5.92 Å². The van der Waals surface area contributed by atoms with Gasteiger partial charge in [0.05, 0.1) is 5.56 Å². The highest BCUT2D eigenvalue weighted by Gasteiger charge is 2.26. The third kappa shape index (κ3) is 4.93. The Balaban J connectivity index is 1.74. The quantitative estimate of drug-likeness (QED) is 0.715. The van der Waals surface area contributed by atoms with Gasteiger partial charge in [0.2, 0.25) is 0 Å². The number of nitrogens with zero attached hydrogens (tertiary/aromatic N) is 1. The van der Waals surface area contributed by atoms with Crippen molar-refractivity contribution >= 4 is 5.97 Å². The molecule has 2 atom stereocenters. The van der Waals surface area contributed by atoms with Crippen molar-refractivity contribution in [3.8, 4) is 0 Å². The molecule has 0 spiro atoms. The first-order valence-electron chi connectivity index (χ1n) is 9.27. The van der Waals surface area contributed by atoms with Crippen molar-refractivity contribution in [2.75, 3.05) is 19.6 Å². The average Bonchev–Trinajstić information content (AvgIpc) is 2.68. The van der Waals surface area contributed by atoms with E-state index >= 15 is 0 Å². The second kappa shape index (κ2) is 8.82. The molecule has 0 radical (unpaired) electrons. The van der Waals surface area contributed by atoms with Crippen LogP contribution >= 0.6 is 0 Å². The van der Waals surface area contributed by atoms with E-state index in [1.807, 2.05) is 36.4 Å². The zero-order chi connectivity index (χ0) is 17.5. The molecule has 2 aromatic rings. The minimum Gasteiger partial charge on any atom is -0.454 e. The lowest BCUT2D eigenvalue weighted by atomic mass is 9.95. The van der Waals surface area contributed by atoms with Crippen LogP contribution in [0.1, 0.15) is 48.2 Å². The van der Waals surface area contributed by atoms with Gasteiger partial charge in [0.1, 0.15) is 6.10 Å². The summed E-state index contributed by atoms with van der Waals surface area (Å²) in [4.78, 5) is 15.1. The molecule has 0 amide bonds. The fourth-order valence-electron chi connectivity index (χ4n) is 3.56. The minimum absolute atomic E-state index is 0.226. The molecule has 0 N–H and O–H groups in total. The number of piperidine rings is 1. The summed E-state index contributed by atoms with van der Waals surface area (Å²) in [6.07, 6.45) is 3.64. The number of carbonyl (C=O) groups excluding carboxylic acids is 1. The van der Waals surface area contributed by atoms with E-state index < -0.39 is 0 Å². The zero-order valence-electron chi connectivity index (χ0n) is 14.9. The smallest absolute Gasteiger partial charge is 0.338 e. The van der Waals surface area contributed by atoms with Crippen LogP contribution in [0.3, 0.4) is 0 Å². The normalized spacial score (nSPS) is 17.6. The Hall–Kier alpha value is -2.13. The molecule has 0 bridgehead atoms. The van der Waals surface area contributed by atoms with Gasteiger partial charge in [-0.2, -0.15) is 0 Å². The summed E-state index contributed by atoms with van der Waals surface area (Å²) in [6, 6.07) is 19.4. The lowest BCUT2D eigenvalue weighted by Crippen LogP contribution is -2.36. The molecule has 2 aromatic carbocycles. The van der Waals surface area contributed by atoms with Crippen molar-refractivity contribution in [3.63, 3.8) is 0 Å². The van der Waals surface area contributed by atoms with Gasteiger partial charge in [-0.15, -0.1) is 0 Å². The Morgan fingerprint density at radius 2 is 1.56 bits per heavy atom. The molecule has 3 heteroatoms. The van der Waals surface area contributed by atoms with Crippen molar-refractivity contribution in [2.24, 2.45) is 5.92 Å². The number of hydrogen-bond acceptors (Lipinski definition) is 3. The maximum absolute atomic E-state index is 12.6. The first kappa shape index (κ1) is 17.7. The van der Waals surface area contributed by atoms with Crippen LogP contribution in [0.2, 0.25) is 0 Å². The van der Waals surface area contributed by atoms with Crippen molar-refractivity contribution in [3.05, 3.63) is 71.8 Å². The highest BCUT2D eigenvalue weighted by molar-refractivity contribution is 5.89. The van der Waals surface area contributed by atoms with E-state index in [9.17, 15) is 4.79 Å². The first-order valence-corrected chi connectivity index (χ1v) is 9.27. The van der Waals surface area contributed by atoms with Gasteiger partial charge in [0, 0.05) is 12.5 Å². The Kier molecular flexibility index (Phi) is 6.24. The van der Waals surface area contributed by atoms with E-state index in [1.54, 1.807) is 12.1 Å². The second-order valence-electron chi connectivity index (χ2n) is 6.94. The van der Waals surface area contributed by atoms with Gasteiger partial charge in [0.25, 0.3) is 0 Å². The molecule has 25 heavy (non-hydrogen) atoms. The Morgan fingerprint density at radius 3 is 2.20 bits per heavy atom. The van der Waals surface area contributed by atoms with Crippen LogP contribution in [-0.4, -0.2) is 30.5 Å². The van der Waals surface area contributed by atoms with E-state index in [1.165, 1.54) is 19.3 Å². The highest BCUT2D eigenvalue weighted by Crippen LogP contribution is 2.28. The topological polar surface area (TPSA) is 29.5 Å². The molecule has 0 aromatic heterocycles. The third-order valence-corrected chi connectivity index (χ3v) is 4.88. The molecule has 3 rings (SSSR count). The van der Waals surface area contributed by atoms with E-state index in [0.717, 1.165) is 25.2 Å². The Bertz CT molecular complexity index is 650. The predicted octanol–water partition coefficient (Wildman–Crippen LogP) is 4.71. The minimum atomic E-state index is -0.250. The first-order chi connectivity index (χ1) is 12.2. The Labute approximate surface area is 150 Å². The fraction of sp³-hybridized carbons (Fsp3) is 0.409. The third-order valence-electron chi connectivity index (χ3n) is 4.88. The molecule has 1 saturated heterocycles. The van der Waals surface area contributed by atoms with Crippen LogP contribution in [0.4, 0.5) is 0 Å². The Morgan fingerprint density at radius 1 is 0.960 bits per heavy atom. The number of benzene rings is 2. The van der Waals surface area contributed by atoms with Crippen LogP contribution in [0.5, 0.6) is 0 Å². The molecular formula is C22H27NO2. The van der Waals surface area contributed by atoms with Crippen LogP contribution in [-0.2, 0) is 4.74 Å². The largest absolute Gasteiger partial charge is 0.454 e. The summed E-state index contributed by atoms with van der Waals surface area (Å²) in [5, 5.41) is 0. The summed E-state index contributed by atoms with van der Waals surface area (Å²) < 4.78 is 5.96. The van der Waals surface area contributed by atoms with Crippen LogP contribution in [0.15, 0.2) is 60.7 Å². The van der Waals surface area contributed by atoms with Gasteiger partial charge >= 0.3 is 5.97 Å². The number of esters is 1. The van der Waals surface area contributed by atoms with Gasteiger partial charge < -0.3 is 9.64 Å². The van der Waals surface area contributed by atoms with Gasteiger partial charge in [-0.05, 0) is 43.6 Å². The maximum Gasteiger partial charge on any atom is 0.338 e. The molecule has 0 saturated carbocycles. The molecule has 3 nitrogen and oxygen atoms in total. The van der Waals surface area contributed by atoms with Gasteiger partial charge in [0.15, 0.2) is 0 Å². The molecule has 1 fully saturated rings. The SMILES string of the molecule is C[C@H](CN1CCCCC1)[C@H](OC(=O)c1ccccc1)c1ccccc1. The van der Waals surface area contributed by atoms with E-state index in [2.05, 4.69) is 24.0 Å². The second-order valence-corrected chi connectivity index (χ2v) is 6.94. The number of ether oxygens (including phenoxy) is 1. The summed E-state index contributed by atoms with van der Waals surface area (Å²) in [6.45, 7) is 5.45. The van der Waals surface area contributed by atoms with E-state index in [0.29, 0.717) is 5.56 Å². The monoisotopic (exact) mass is 337 g/mol. The van der Waals surface area contributed by atoms with Crippen molar-refractivity contribution in [2.45, 2.75) is 32.3 Å². The molecule has 1 aliphatic rings. The molecule has 1 heterocycles. The molecule has 1 aliphatic heterocycles. The van der Waals surface area contributed by atoms with Crippen molar-refractivity contribution < 1.29 is 9.53 Å². The molecular weight excluding hydrogens is 310 g/mol. The number of hydrogen-bond donors (Lipinski definition) is 0. The molecule has 132 valence electrons. The lowest BCUT2D eigenvalue weighted by molar-refractivity contribution is 0.00874. The lowest BCUT2D eigenvalue weighted by Gasteiger charge is -2.32. The molecule has 0 aliphatic carbocycles. The number of likely N-dealkylation sites (tertiary alicyclic amines) is 1. The van der Waals surface area contributed by atoms with Crippen LogP contribution in [0.25, 0.3) is 0 Å². The van der Waals surface area contributed by atoms with Gasteiger partial charge in [-0.1, -0.05) is 61.9 Å². The average molecular weight is 337 g/mol. The number of rotatable bonds is 6. The van der Waals surface area contributed by atoms with Gasteiger partial charge in [-0.3, -0.25) is 0 Å². The zero-order valence-corrected chi connectivity index (χ0v) is 14.9. The van der Waals surface area contributed by atoms with E-state index in [-0.39, 0.29) is 18.0 Å². The summed E-state index contributed by atoms with van der Waals surface area (Å²) in [5.41, 5.74) is 1.67. The highest BCUT2D eigenvalue weighted by atomic mass is 16.5. The summed E-state index contributed by atoms with van der Waals surface area (Å²) in [7, 11) is 0. The van der Waals surface area contributed by atoms with E-state index in [4.69, 9.17) is 4.74 Å². The summed E-state index contributed by atoms with van der Waals surface area (Å²) >= 11 is 0. The maximum atomic E-state index is 12.6. The van der Waals surface area contributed by atoms with Gasteiger partial charge in [-0.25, -0.2) is 4.79 Å². The summed E-state index contributed by atoms with van der Waals surface area (Å²) in [5.74, 6) is -0.00638. The van der Waals surface area contributed by atoms with Crippen LogP contribution < -0.4 is 0 Å². The number of carbonyl (C=O) groups is 1. The fourth-order valence-corrected chi connectivity index (χ4v) is 3.56. The predicted molar refractivity (Wildman–Crippen MR) is 100 cm³/mol.